The first-order chi connectivity index (χ1) is 15.2. The number of thiazole rings is 1. The molecule has 5 heterocycles. The van der Waals surface area contributed by atoms with Gasteiger partial charge in [-0.05, 0) is 43.3 Å². The minimum Gasteiger partial charge on any atom is -0.307 e. The largest absolute Gasteiger partial charge is 0.307 e. The molecule has 154 valence electrons. The number of aromatic nitrogens is 4. The summed E-state index contributed by atoms with van der Waals surface area (Å²) >= 11 is 1.56. The second-order valence-corrected chi connectivity index (χ2v) is 8.36. The van der Waals surface area contributed by atoms with E-state index in [4.69, 9.17) is 0 Å². The summed E-state index contributed by atoms with van der Waals surface area (Å²) in [5.74, 6) is 0.272. The van der Waals surface area contributed by atoms with Gasteiger partial charge in [-0.15, -0.1) is 11.3 Å². The van der Waals surface area contributed by atoms with Crippen LogP contribution in [0.25, 0.3) is 26.9 Å². The van der Waals surface area contributed by atoms with Crippen LogP contribution in [0, 0.1) is 0 Å². The Hall–Kier alpha value is -3.49. The van der Waals surface area contributed by atoms with Crippen molar-refractivity contribution in [2.45, 2.75) is 6.42 Å². The van der Waals surface area contributed by atoms with Crippen LogP contribution in [0.15, 0.2) is 60.6 Å². The summed E-state index contributed by atoms with van der Waals surface area (Å²) in [5, 5.41) is 3.80. The number of fused-ring (bicyclic) bond motifs is 1. The highest BCUT2D eigenvalue weighted by molar-refractivity contribution is 7.13. The monoisotopic (exact) mass is 428 g/mol. The van der Waals surface area contributed by atoms with E-state index in [9.17, 15) is 4.79 Å². The molecule has 0 aliphatic carbocycles. The molecule has 1 aliphatic rings. The highest BCUT2D eigenvalue weighted by Crippen LogP contribution is 2.26. The van der Waals surface area contributed by atoms with Gasteiger partial charge in [-0.1, -0.05) is 6.08 Å². The molecule has 5 rings (SSSR count). The van der Waals surface area contributed by atoms with Crippen molar-refractivity contribution in [1.82, 2.24) is 24.8 Å². The SMILES string of the molecule is CN1CC=C(c2cc(C(=O)Nc3cc4cc(-c5cncs5)cnc4cn3)ccn2)CC1. The Labute approximate surface area is 183 Å². The van der Waals surface area contributed by atoms with Crippen molar-refractivity contribution in [2.75, 3.05) is 25.5 Å². The molecular formula is C23H20N6OS. The number of carbonyl (C=O) groups excluding carboxylic acids is 1. The van der Waals surface area contributed by atoms with Crippen LogP contribution in [0.2, 0.25) is 0 Å². The second kappa shape index (κ2) is 8.33. The molecule has 0 saturated carbocycles. The number of pyridine rings is 3. The molecule has 0 atom stereocenters. The number of anilines is 1. The van der Waals surface area contributed by atoms with Gasteiger partial charge in [0.2, 0.25) is 0 Å². The van der Waals surface area contributed by atoms with Gasteiger partial charge >= 0.3 is 0 Å². The molecule has 1 aliphatic heterocycles. The number of rotatable bonds is 4. The summed E-state index contributed by atoms with van der Waals surface area (Å²) in [6.45, 7) is 1.88. The van der Waals surface area contributed by atoms with E-state index in [1.165, 1.54) is 5.57 Å². The van der Waals surface area contributed by atoms with E-state index in [0.29, 0.717) is 11.4 Å². The number of likely N-dealkylation sites (N-methyl/N-ethyl adjacent to an activating group) is 1. The van der Waals surface area contributed by atoms with Gasteiger partial charge in [0.1, 0.15) is 5.82 Å². The van der Waals surface area contributed by atoms with Gasteiger partial charge in [-0.25, -0.2) is 4.98 Å². The molecule has 4 aromatic heterocycles. The fourth-order valence-electron chi connectivity index (χ4n) is 3.53. The van der Waals surface area contributed by atoms with Crippen LogP contribution < -0.4 is 5.32 Å². The van der Waals surface area contributed by atoms with Crippen LogP contribution in [0.4, 0.5) is 5.82 Å². The third-order valence-corrected chi connectivity index (χ3v) is 6.11. The average Bonchev–Trinajstić information content (AvgIpc) is 3.34. The van der Waals surface area contributed by atoms with Gasteiger partial charge in [0.05, 0.1) is 27.8 Å². The van der Waals surface area contributed by atoms with Gasteiger partial charge in [-0.3, -0.25) is 19.7 Å². The van der Waals surface area contributed by atoms with Gasteiger partial charge in [0.25, 0.3) is 5.91 Å². The first kappa shape index (κ1) is 19.5. The predicted molar refractivity (Wildman–Crippen MR) is 123 cm³/mol. The molecule has 4 aromatic rings. The molecule has 8 heteroatoms. The van der Waals surface area contributed by atoms with E-state index in [-0.39, 0.29) is 5.91 Å². The smallest absolute Gasteiger partial charge is 0.256 e. The van der Waals surface area contributed by atoms with E-state index in [2.05, 4.69) is 43.3 Å². The lowest BCUT2D eigenvalue weighted by molar-refractivity contribution is 0.102. The van der Waals surface area contributed by atoms with Gasteiger partial charge in [0, 0.05) is 48.2 Å². The molecule has 0 bridgehead atoms. The molecule has 31 heavy (non-hydrogen) atoms. The van der Waals surface area contributed by atoms with E-state index < -0.39 is 0 Å². The number of carbonyl (C=O) groups is 1. The van der Waals surface area contributed by atoms with Crippen LogP contribution in [0.3, 0.4) is 0 Å². The molecule has 0 saturated heterocycles. The van der Waals surface area contributed by atoms with Crippen LogP contribution in [0.1, 0.15) is 22.5 Å². The third kappa shape index (κ3) is 4.21. The summed E-state index contributed by atoms with van der Waals surface area (Å²) in [6.07, 6.45) is 10.1. The first-order valence-electron chi connectivity index (χ1n) is 9.96. The lowest BCUT2D eigenvalue weighted by Crippen LogP contribution is -2.24. The molecule has 1 N–H and O–H groups in total. The standard InChI is InChI=1S/C23H20N6OS/c1-29-6-3-15(4-7-29)19-9-16(2-5-25-19)23(30)28-22-10-17-8-18(21-13-24-14-31-21)11-26-20(17)12-27-22/h2-3,5,8-14H,4,6-7H2,1H3,(H,27,28,30). The molecule has 0 fully saturated rings. The molecule has 1 amide bonds. The van der Waals surface area contributed by atoms with Gasteiger partial charge in [-0.2, -0.15) is 0 Å². The maximum atomic E-state index is 12.9. The maximum absolute atomic E-state index is 12.9. The molecule has 0 unspecified atom stereocenters. The zero-order chi connectivity index (χ0) is 21.2. The Morgan fingerprint density at radius 1 is 1.13 bits per heavy atom. The Balaban J connectivity index is 1.38. The van der Waals surface area contributed by atoms with Crippen molar-refractivity contribution >= 4 is 39.5 Å². The molecule has 0 spiro atoms. The van der Waals surface area contributed by atoms with Crippen LogP contribution in [0.5, 0.6) is 0 Å². The van der Waals surface area contributed by atoms with Crippen LogP contribution >= 0.6 is 11.3 Å². The van der Waals surface area contributed by atoms with Crippen molar-refractivity contribution in [1.29, 1.82) is 0 Å². The van der Waals surface area contributed by atoms with E-state index in [1.54, 1.807) is 35.3 Å². The van der Waals surface area contributed by atoms with E-state index in [0.717, 1.165) is 46.5 Å². The Morgan fingerprint density at radius 2 is 2.06 bits per heavy atom. The molecule has 0 aromatic carbocycles. The van der Waals surface area contributed by atoms with Crippen LogP contribution in [-0.2, 0) is 0 Å². The fourth-order valence-corrected chi connectivity index (χ4v) is 4.14. The molecular weight excluding hydrogens is 408 g/mol. The minimum absolute atomic E-state index is 0.212. The first-order valence-corrected chi connectivity index (χ1v) is 10.8. The Morgan fingerprint density at radius 3 is 2.87 bits per heavy atom. The predicted octanol–water partition coefficient (Wildman–Crippen LogP) is 4.12. The Kier molecular flexibility index (Phi) is 5.23. The highest BCUT2D eigenvalue weighted by atomic mass is 32.1. The van der Waals surface area contributed by atoms with Gasteiger partial charge < -0.3 is 10.2 Å². The lowest BCUT2D eigenvalue weighted by atomic mass is 10.0. The third-order valence-electron chi connectivity index (χ3n) is 5.29. The zero-order valence-corrected chi connectivity index (χ0v) is 17.8. The number of amides is 1. The number of nitrogens with one attached hydrogen (secondary N) is 1. The molecule has 7 nitrogen and oxygen atoms in total. The number of hydrogen-bond donors (Lipinski definition) is 1. The second-order valence-electron chi connectivity index (χ2n) is 7.48. The summed E-state index contributed by atoms with van der Waals surface area (Å²) in [5.41, 5.74) is 6.14. The van der Waals surface area contributed by atoms with Crippen molar-refractivity contribution < 1.29 is 4.79 Å². The summed E-state index contributed by atoms with van der Waals surface area (Å²) < 4.78 is 0. The summed E-state index contributed by atoms with van der Waals surface area (Å²) in [6, 6.07) is 7.44. The van der Waals surface area contributed by atoms with Crippen molar-refractivity contribution in [3.63, 3.8) is 0 Å². The van der Waals surface area contributed by atoms with Crippen molar-refractivity contribution in [3.8, 4) is 10.4 Å². The summed E-state index contributed by atoms with van der Waals surface area (Å²) in [4.78, 5) is 33.6. The number of hydrogen-bond acceptors (Lipinski definition) is 7. The van der Waals surface area contributed by atoms with E-state index >= 15 is 0 Å². The average molecular weight is 429 g/mol. The minimum atomic E-state index is -0.212. The van der Waals surface area contributed by atoms with Crippen LogP contribution in [-0.4, -0.2) is 50.9 Å². The lowest BCUT2D eigenvalue weighted by Gasteiger charge is -2.21. The molecule has 0 radical (unpaired) electrons. The quantitative estimate of drug-likeness (QED) is 0.526. The summed E-state index contributed by atoms with van der Waals surface area (Å²) in [7, 11) is 2.09. The normalized spacial score (nSPS) is 14.4. The van der Waals surface area contributed by atoms with E-state index in [1.807, 2.05) is 30.6 Å². The van der Waals surface area contributed by atoms with Crippen molar-refractivity contribution in [3.05, 3.63) is 71.9 Å². The zero-order valence-electron chi connectivity index (χ0n) is 16.9. The maximum Gasteiger partial charge on any atom is 0.256 e. The highest BCUT2D eigenvalue weighted by Gasteiger charge is 2.14. The van der Waals surface area contributed by atoms with Gasteiger partial charge in [0.15, 0.2) is 0 Å². The fraction of sp³-hybridized carbons (Fsp3) is 0.174. The number of nitrogens with zero attached hydrogens (tertiary/aromatic N) is 5. The Bertz CT molecular complexity index is 1280. The van der Waals surface area contributed by atoms with Crippen molar-refractivity contribution in [2.24, 2.45) is 0 Å². The topological polar surface area (TPSA) is 83.9 Å².